The Morgan fingerprint density at radius 3 is 2.30 bits per heavy atom. The zero-order valence-electron chi connectivity index (χ0n) is 16.8. The van der Waals surface area contributed by atoms with Crippen LogP contribution < -0.4 is 5.32 Å². The van der Waals surface area contributed by atoms with Crippen LogP contribution in [-0.4, -0.2) is 51.2 Å². The van der Waals surface area contributed by atoms with Gasteiger partial charge in [-0.25, -0.2) is 8.42 Å². The highest BCUT2D eigenvalue weighted by molar-refractivity contribution is 8.00. The predicted octanol–water partition coefficient (Wildman–Crippen LogP) is 2.75. The summed E-state index contributed by atoms with van der Waals surface area (Å²) >= 11 is 0. The van der Waals surface area contributed by atoms with Crippen LogP contribution in [0.5, 0.6) is 0 Å². The summed E-state index contributed by atoms with van der Waals surface area (Å²) in [6.45, 7) is 2.34. The van der Waals surface area contributed by atoms with Crippen molar-refractivity contribution in [3.8, 4) is 0 Å². The summed E-state index contributed by atoms with van der Waals surface area (Å²) in [5.74, 6) is -0.730. The van der Waals surface area contributed by atoms with Gasteiger partial charge in [-0.15, -0.1) is 0 Å². The third-order valence-electron chi connectivity index (χ3n) is 5.58. The zero-order valence-corrected chi connectivity index (χ0v) is 17.6. The molecule has 1 amide bonds. The van der Waals surface area contributed by atoms with E-state index in [2.05, 4.69) is 22.3 Å². The molecule has 0 aromatic heterocycles. The van der Waals surface area contributed by atoms with E-state index in [9.17, 15) is 13.2 Å². The SMILES string of the molecule is O=C(NC[C@H](c1ccccc1)N1CCCC1)C1=C(c2ccccc2)S(=O)(=O)CCO1. The molecule has 0 bridgehead atoms. The lowest BCUT2D eigenvalue weighted by atomic mass is 10.1. The van der Waals surface area contributed by atoms with Crippen LogP contribution in [0.2, 0.25) is 0 Å². The molecule has 2 aromatic carbocycles. The van der Waals surface area contributed by atoms with Crippen molar-refractivity contribution in [1.82, 2.24) is 10.2 Å². The molecule has 4 rings (SSSR count). The molecule has 0 aliphatic carbocycles. The fraction of sp³-hybridized carbons (Fsp3) is 0.348. The highest BCUT2D eigenvalue weighted by Gasteiger charge is 2.34. The number of amides is 1. The third kappa shape index (κ3) is 4.42. The standard InChI is InChI=1S/C23H26N2O4S/c26-23(21-22(19-11-5-2-6-12-19)30(27,28)16-15-29-21)24-17-20(25-13-7-8-14-25)18-9-3-1-4-10-18/h1-6,9-12,20H,7-8,13-17H2,(H,24,26)/t20-/m1/s1. The summed E-state index contributed by atoms with van der Waals surface area (Å²) in [4.78, 5) is 15.4. The number of likely N-dealkylation sites (tertiary alicyclic amines) is 1. The van der Waals surface area contributed by atoms with Gasteiger partial charge in [-0.2, -0.15) is 0 Å². The highest BCUT2D eigenvalue weighted by Crippen LogP contribution is 2.30. The Labute approximate surface area is 177 Å². The van der Waals surface area contributed by atoms with Crippen LogP contribution in [0, 0.1) is 0 Å². The average Bonchev–Trinajstić information content (AvgIpc) is 3.29. The molecule has 1 fully saturated rings. The molecular formula is C23H26N2O4S. The number of nitrogens with zero attached hydrogens (tertiary/aromatic N) is 1. The minimum atomic E-state index is -3.59. The molecule has 0 unspecified atom stereocenters. The van der Waals surface area contributed by atoms with Gasteiger partial charge < -0.3 is 10.1 Å². The molecule has 0 spiro atoms. The molecule has 2 aromatic rings. The second-order valence-corrected chi connectivity index (χ2v) is 9.62. The number of nitrogens with one attached hydrogen (secondary N) is 1. The van der Waals surface area contributed by atoms with E-state index in [0.29, 0.717) is 12.1 Å². The monoisotopic (exact) mass is 426 g/mol. The summed E-state index contributed by atoms with van der Waals surface area (Å²) in [6, 6.07) is 18.8. The Morgan fingerprint density at radius 2 is 1.63 bits per heavy atom. The Morgan fingerprint density at radius 1 is 1.00 bits per heavy atom. The lowest BCUT2D eigenvalue weighted by Crippen LogP contribution is -2.39. The van der Waals surface area contributed by atoms with Crippen LogP contribution in [-0.2, 0) is 19.4 Å². The third-order valence-corrected chi connectivity index (χ3v) is 7.33. The van der Waals surface area contributed by atoms with Crippen LogP contribution in [0.15, 0.2) is 66.4 Å². The Bertz CT molecular complexity index is 1010. The van der Waals surface area contributed by atoms with E-state index >= 15 is 0 Å². The van der Waals surface area contributed by atoms with E-state index in [4.69, 9.17) is 4.74 Å². The van der Waals surface area contributed by atoms with Crippen LogP contribution in [0.3, 0.4) is 0 Å². The number of carbonyl (C=O) groups excluding carboxylic acids is 1. The zero-order chi connectivity index (χ0) is 21.0. The number of carbonyl (C=O) groups is 1. The maximum Gasteiger partial charge on any atom is 0.287 e. The molecule has 158 valence electrons. The van der Waals surface area contributed by atoms with Crippen LogP contribution >= 0.6 is 0 Å². The number of benzene rings is 2. The number of sulfone groups is 1. The minimum Gasteiger partial charge on any atom is -0.486 e. The molecule has 2 aliphatic heterocycles. The van der Waals surface area contributed by atoms with E-state index < -0.39 is 15.7 Å². The van der Waals surface area contributed by atoms with Crippen molar-refractivity contribution in [2.75, 3.05) is 32.0 Å². The summed E-state index contributed by atoms with van der Waals surface area (Å²) < 4.78 is 31.1. The van der Waals surface area contributed by atoms with Gasteiger partial charge in [0, 0.05) is 6.54 Å². The van der Waals surface area contributed by atoms with E-state index in [1.807, 2.05) is 18.2 Å². The van der Waals surface area contributed by atoms with Gasteiger partial charge in [0.2, 0.25) is 5.76 Å². The molecular weight excluding hydrogens is 400 g/mol. The maximum atomic E-state index is 13.0. The van der Waals surface area contributed by atoms with Crippen molar-refractivity contribution in [3.63, 3.8) is 0 Å². The highest BCUT2D eigenvalue weighted by atomic mass is 32.2. The molecule has 7 heteroatoms. The largest absolute Gasteiger partial charge is 0.486 e. The molecule has 1 N–H and O–H groups in total. The fourth-order valence-corrected chi connectivity index (χ4v) is 5.52. The first-order valence-electron chi connectivity index (χ1n) is 10.3. The number of hydrogen-bond acceptors (Lipinski definition) is 5. The average molecular weight is 427 g/mol. The smallest absolute Gasteiger partial charge is 0.287 e. The molecule has 30 heavy (non-hydrogen) atoms. The molecule has 2 heterocycles. The lowest BCUT2D eigenvalue weighted by molar-refractivity contribution is -0.121. The number of ether oxygens (including phenoxy) is 1. The van der Waals surface area contributed by atoms with Crippen molar-refractivity contribution < 1.29 is 17.9 Å². The Kier molecular flexibility index (Phi) is 6.20. The van der Waals surface area contributed by atoms with E-state index in [1.165, 1.54) is 0 Å². The van der Waals surface area contributed by atoms with Gasteiger partial charge in [0.05, 0.1) is 11.8 Å². The summed E-state index contributed by atoms with van der Waals surface area (Å²) in [5.41, 5.74) is 1.61. The normalized spacial score (nSPS) is 19.9. The molecule has 6 nitrogen and oxygen atoms in total. The molecule has 0 radical (unpaired) electrons. The number of rotatable bonds is 6. The second-order valence-electron chi connectivity index (χ2n) is 7.57. The fourth-order valence-electron chi connectivity index (χ4n) is 4.09. The molecule has 1 saturated heterocycles. The lowest BCUT2D eigenvalue weighted by Gasteiger charge is -2.29. The van der Waals surface area contributed by atoms with Gasteiger partial charge in [-0.05, 0) is 37.1 Å². The van der Waals surface area contributed by atoms with E-state index in [1.54, 1.807) is 30.3 Å². The summed E-state index contributed by atoms with van der Waals surface area (Å²) in [6.07, 6.45) is 2.28. The van der Waals surface area contributed by atoms with Gasteiger partial charge >= 0.3 is 0 Å². The topological polar surface area (TPSA) is 75.7 Å². The van der Waals surface area contributed by atoms with Crippen molar-refractivity contribution in [2.45, 2.75) is 18.9 Å². The first kappa shape index (κ1) is 20.6. The van der Waals surface area contributed by atoms with Crippen molar-refractivity contribution in [1.29, 1.82) is 0 Å². The molecule has 2 aliphatic rings. The van der Waals surface area contributed by atoms with E-state index in [0.717, 1.165) is 31.5 Å². The van der Waals surface area contributed by atoms with Crippen LogP contribution in [0.1, 0.15) is 30.0 Å². The molecule has 0 saturated carbocycles. The minimum absolute atomic E-state index is 0.0182. The maximum absolute atomic E-state index is 13.0. The van der Waals surface area contributed by atoms with Crippen molar-refractivity contribution in [3.05, 3.63) is 77.5 Å². The summed E-state index contributed by atoms with van der Waals surface area (Å²) in [7, 11) is -3.59. The van der Waals surface area contributed by atoms with Gasteiger partial charge in [0.25, 0.3) is 5.91 Å². The van der Waals surface area contributed by atoms with E-state index in [-0.39, 0.29) is 29.1 Å². The second kappa shape index (κ2) is 9.02. The Hall–Kier alpha value is -2.64. The van der Waals surface area contributed by atoms with Gasteiger partial charge in [-0.3, -0.25) is 9.69 Å². The first-order chi connectivity index (χ1) is 14.6. The Balaban J connectivity index is 1.60. The van der Waals surface area contributed by atoms with Gasteiger partial charge in [0.15, 0.2) is 9.84 Å². The van der Waals surface area contributed by atoms with Gasteiger partial charge in [-0.1, -0.05) is 60.7 Å². The van der Waals surface area contributed by atoms with Crippen LogP contribution in [0.4, 0.5) is 0 Å². The first-order valence-corrected chi connectivity index (χ1v) is 11.9. The van der Waals surface area contributed by atoms with Crippen molar-refractivity contribution in [2.24, 2.45) is 0 Å². The predicted molar refractivity (Wildman–Crippen MR) is 116 cm³/mol. The number of hydrogen-bond donors (Lipinski definition) is 1. The van der Waals surface area contributed by atoms with Gasteiger partial charge in [0.1, 0.15) is 11.5 Å². The quantitative estimate of drug-likeness (QED) is 0.769. The van der Waals surface area contributed by atoms with Crippen LogP contribution in [0.25, 0.3) is 4.91 Å². The van der Waals surface area contributed by atoms with Crippen molar-refractivity contribution >= 4 is 20.6 Å². The summed E-state index contributed by atoms with van der Waals surface area (Å²) in [5, 5.41) is 2.94. The molecule has 1 atom stereocenters.